The summed E-state index contributed by atoms with van der Waals surface area (Å²) in [5.41, 5.74) is 0.946. The minimum absolute atomic E-state index is 0.0915. The normalized spacial score (nSPS) is 12.2. The van der Waals surface area contributed by atoms with E-state index in [4.69, 9.17) is 5.11 Å². The summed E-state index contributed by atoms with van der Waals surface area (Å²) in [6.45, 7) is 3.36. The van der Waals surface area contributed by atoms with Gasteiger partial charge in [-0.1, -0.05) is 34.1 Å². The maximum absolute atomic E-state index is 11.7. The van der Waals surface area contributed by atoms with E-state index in [2.05, 4.69) is 15.9 Å². The minimum atomic E-state index is -1.07. The number of hydrogen-bond acceptors (Lipinski definition) is 2. The van der Waals surface area contributed by atoms with Crippen LogP contribution in [0.4, 0.5) is 0 Å². The van der Waals surface area contributed by atoms with E-state index >= 15 is 0 Å². The molecule has 0 bridgehead atoms. The summed E-state index contributed by atoms with van der Waals surface area (Å²) in [5, 5.41) is 9.01. The lowest BCUT2D eigenvalue weighted by Gasteiger charge is -2.08. The van der Waals surface area contributed by atoms with Crippen LogP contribution in [0.2, 0.25) is 0 Å². The third-order valence-electron chi connectivity index (χ3n) is 2.11. The first-order valence-corrected chi connectivity index (χ1v) is 5.38. The molecule has 80 valence electrons. The molecule has 0 amide bonds. The Bertz CT molecular complexity index is 410. The number of Topliss-reactive ketones (excluding diaryl/α,β-unsaturated/α-hetero) is 1. The largest absolute Gasteiger partial charge is 0.478 e. The van der Waals surface area contributed by atoms with Gasteiger partial charge in [0.25, 0.3) is 0 Å². The molecule has 1 aromatic rings. The number of halogens is 1. The number of hydrogen-bond donors (Lipinski definition) is 1. The highest BCUT2D eigenvalue weighted by atomic mass is 79.9. The van der Waals surface area contributed by atoms with Crippen molar-refractivity contribution in [2.45, 2.75) is 18.7 Å². The zero-order chi connectivity index (χ0) is 11.6. The lowest BCUT2D eigenvalue weighted by atomic mass is 9.98. The Morgan fingerprint density at radius 2 is 2.00 bits per heavy atom. The average molecular weight is 271 g/mol. The standard InChI is InChI=1S/C11H11BrO3/c1-6-4-3-5-8(9(6)11(14)15)10(13)7(2)12/h3-5,7H,1-2H3,(H,14,15). The van der Waals surface area contributed by atoms with Crippen LogP contribution >= 0.6 is 15.9 Å². The highest BCUT2D eigenvalue weighted by molar-refractivity contribution is 9.10. The van der Waals surface area contributed by atoms with Gasteiger partial charge in [0.15, 0.2) is 5.78 Å². The summed E-state index contributed by atoms with van der Waals surface area (Å²) in [6, 6.07) is 4.90. The second-order valence-electron chi connectivity index (χ2n) is 3.28. The fraction of sp³-hybridized carbons (Fsp3) is 0.273. The monoisotopic (exact) mass is 270 g/mol. The molecular formula is C11H11BrO3. The van der Waals surface area contributed by atoms with E-state index in [9.17, 15) is 9.59 Å². The van der Waals surface area contributed by atoms with Crippen molar-refractivity contribution in [2.24, 2.45) is 0 Å². The van der Waals surface area contributed by atoms with Crippen molar-refractivity contribution < 1.29 is 14.7 Å². The van der Waals surface area contributed by atoms with Crippen LogP contribution in [0.5, 0.6) is 0 Å². The molecule has 0 radical (unpaired) electrons. The van der Waals surface area contributed by atoms with Crippen molar-refractivity contribution in [1.82, 2.24) is 0 Å². The van der Waals surface area contributed by atoms with E-state index in [1.54, 1.807) is 26.0 Å². The first kappa shape index (κ1) is 11.9. The van der Waals surface area contributed by atoms with Gasteiger partial charge in [-0.05, 0) is 19.4 Å². The lowest BCUT2D eigenvalue weighted by molar-refractivity contribution is 0.0691. The Morgan fingerprint density at radius 1 is 1.40 bits per heavy atom. The van der Waals surface area contributed by atoms with Crippen molar-refractivity contribution in [3.8, 4) is 0 Å². The molecule has 0 aliphatic rings. The summed E-state index contributed by atoms with van der Waals surface area (Å²) < 4.78 is 0. The maximum atomic E-state index is 11.7. The predicted octanol–water partition coefficient (Wildman–Crippen LogP) is 2.66. The number of ketones is 1. The zero-order valence-electron chi connectivity index (χ0n) is 8.45. The van der Waals surface area contributed by atoms with Crippen molar-refractivity contribution in [3.63, 3.8) is 0 Å². The molecule has 1 unspecified atom stereocenters. The topological polar surface area (TPSA) is 54.4 Å². The van der Waals surface area contributed by atoms with E-state index in [1.165, 1.54) is 6.07 Å². The Labute approximate surface area is 96.2 Å². The number of carboxylic acid groups (broad SMARTS) is 1. The summed E-state index contributed by atoms with van der Waals surface area (Å²) in [6.07, 6.45) is 0. The van der Waals surface area contributed by atoms with Crippen molar-refractivity contribution in [2.75, 3.05) is 0 Å². The van der Waals surface area contributed by atoms with Crippen LogP contribution in [0.15, 0.2) is 18.2 Å². The third-order valence-corrected chi connectivity index (χ3v) is 2.53. The number of aromatic carboxylic acids is 1. The summed E-state index contributed by atoms with van der Waals surface area (Å²) in [7, 11) is 0. The molecular weight excluding hydrogens is 260 g/mol. The van der Waals surface area contributed by atoms with E-state index < -0.39 is 5.97 Å². The van der Waals surface area contributed by atoms with Crippen LogP contribution in [0.25, 0.3) is 0 Å². The van der Waals surface area contributed by atoms with Gasteiger partial charge in [-0.15, -0.1) is 0 Å². The second kappa shape index (κ2) is 4.57. The van der Waals surface area contributed by atoms with Crippen LogP contribution in [0, 0.1) is 6.92 Å². The van der Waals surface area contributed by atoms with Gasteiger partial charge >= 0.3 is 5.97 Å². The summed E-state index contributed by atoms with van der Waals surface area (Å²) in [4.78, 5) is 22.3. The van der Waals surface area contributed by atoms with Crippen LogP contribution in [0.3, 0.4) is 0 Å². The molecule has 0 aliphatic carbocycles. The van der Waals surface area contributed by atoms with Gasteiger partial charge < -0.3 is 5.11 Å². The average Bonchev–Trinajstić information content (AvgIpc) is 2.15. The number of carboxylic acids is 1. The van der Waals surface area contributed by atoms with Gasteiger partial charge in [0.1, 0.15) is 0 Å². The smallest absolute Gasteiger partial charge is 0.336 e. The van der Waals surface area contributed by atoms with Crippen molar-refractivity contribution in [1.29, 1.82) is 0 Å². The maximum Gasteiger partial charge on any atom is 0.336 e. The molecule has 0 saturated carbocycles. The highest BCUT2D eigenvalue weighted by Crippen LogP contribution is 2.18. The number of carbonyl (C=O) groups is 2. The summed E-state index contributed by atoms with van der Waals surface area (Å²) in [5.74, 6) is -1.28. The van der Waals surface area contributed by atoms with Gasteiger partial charge in [0, 0.05) is 5.56 Å². The van der Waals surface area contributed by atoms with Gasteiger partial charge in [0.2, 0.25) is 0 Å². The van der Waals surface area contributed by atoms with E-state index in [-0.39, 0.29) is 21.7 Å². The Morgan fingerprint density at radius 3 is 2.47 bits per heavy atom. The highest BCUT2D eigenvalue weighted by Gasteiger charge is 2.20. The molecule has 1 aromatic carbocycles. The molecule has 3 nitrogen and oxygen atoms in total. The molecule has 1 rings (SSSR count). The van der Waals surface area contributed by atoms with E-state index in [1.807, 2.05) is 0 Å². The molecule has 15 heavy (non-hydrogen) atoms. The molecule has 0 heterocycles. The Hall–Kier alpha value is -1.16. The number of alkyl halides is 1. The molecule has 0 saturated heterocycles. The number of carbonyl (C=O) groups excluding carboxylic acids is 1. The first-order chi connectivity index (χ1) is 6.95. The fourth-order valence-corrected chi connectivity index (χ4v) is 1.62. The lowest BCUT2D eigenvalue weighted by Crippen LogP contribution is -2.16. The third kappa shape index (κ3) is 2.45. The van der Waals surface area contributed by atoms with Crippen LogP contribution in [-0.2, 0) is 0 Å². The van der Waals surface area contributed by atoms with Gasteiger partial charge in [0.05, 0.1) is 10.4 Å². The van der Waals surface area contributed by atoms with Crippen molar-refractivity contribution >= 4 is 27.7 Å². The zero-order valence-corrected chi connectivity index (χ0v) is 10.0. The molecule has 0 fully saturated rings. The van der Waals surface area contributed by atoms with Crippen LogP contribution in [-0.4, -0.2) is 21.7 Å². The molecule has 0 aromatic heterocycles. The van der Waals surface area contributed by atoms with Crippen LogP contribution in [0.1, 0.15) is 33.2 Å². The molecule has 0 aliphatic heterocycles. The van der Waals surface area contributed by atoms with Gasteiger partial charge in [-0.2, -0.15) is 0 Å². The number of benzene rings is 1. The van der Waals surface area contributed by atoms with E-state index in [0.29, 0.717) is 5.56 Å². The van der Waals surface area contributed by atoms with Gasteiger partial charge in [-0.25, -0.2) is 4.79 Å². The molecule has 4 heteroatoms. The Kier molecular flexibility index (Phi) is 3.63. The molecule has 1 N–H and O–H groups in total. The number of aryl methyl sites for hydroxylation is 1. The van der Waals surface area contributed by atoms with Crippen LogP contribution < -0.4 is 0 Å². The quantitative estimate of drug-likeness (QED) is 0.679. The SMILES string of the molecule is Cc1cccc(C(=O)C(C)Br)c1C(=O)O. The van der Waals surface area contributed by atoms with Gasteiger partial charge in [-0.3, -0.25) is 4.79 Å². The predicted molar refractivity (Wildman–Crippen MR) is 60.9 cm³/mol. The Balaban J connectivity index is 3.35. The summed E-state index contributed by atoms with van der Waals surface area (Å²) >= 11 is 3.14. The van der Waals surface area contributed by atoms with E-state index in [0.717, 1.165) is 0 Å². The fourth-order valence-electron chi connectivity index (χ4n) is 1.37. The first-order valence-electron chi connectivity index (χ1n) is 4.46. The number of rotatable bonds is 3. The van der Waals surface area contributed by atoms with Crippen molar-refractivity contribution in [3.05, 3.63) is 34.9 Å². The molecule has 1 atom stereocenters. The minimum Gasteiger partial charge on any atom is -0.478 e. The molecule has 0 spiro atoms. The second-order valence-corrected chi connectivity index (χ2v) is 4.66.